The van der Waals surface area contributed by atoms with E-state index in [-0.39, 0.29) is 11.8 Å². The molecule has 0 saturated heterocycles. The van der Waals surface area contributed by atoms with Gasteiger partial charge in [0, 0.05) is 37.5 Å². The van der Waals surface area contributed by atoms with E-state index in [2.05, 4.69) is 10.3 Å². The lowest BCUT2D eigenvalue weighted by molar-refractivity contribution is -0.122. The molecule has 0 aliphatic carbocycles. The summed E-state index contributed by atoms with van der Waals surface area (Å²) in [5.74, 6) is 1.98. The molecule has 1 amide bonds. The molecule has 2 aromatic rings. The number of hydrogen-bond donors (Lipinski definition) is 1. The number of aromatic nitrogens is 1. The Morgan fingerprint density at radius 2 is 2.31 bits per heavy atom. The van der Waals surface area contributed by atoms with E-state index in [1.165, 1.54) is 0 Å². The van der Waals surface area contributed by atoms with Gasteiger partial charge >= 0.3 is 0 Å². The van der Waals surface area contributed by atoms with Crippen molar-refractivity contribution in [1.29, 1.82) is 0 Å². The molecule has 138 valence electrons. The summed E-state index contributed by atoms with van der Waals surface area (Å²) in [5, 5.41) is 3.02. The van der Waals surface area contributed by atoms with Crippen LogP contribution in [-0.4, -0.2) is 49.6 Å². The minimum Gasteiger partial charge on any atom is -0.497 e. The van der Waals surface area contributed by atoms with E-state index in [0.717, 1.165) is 29.0 Å². The van der Waals surface area contributed by atoms with Crippen LogP contribution in [-0.2, 0) is 17.8 Å². The minimum absolute atomic E-state index is 0.0249. The Labute approximate surface area is 154 Å². The van der Waals surface area contributed by atoms with Crippen molar-refractivity contribution in [2.75, 3.05) is 33.9 Å². The maximum absolute atomic E-state index is 12.2. The van der Waals surface area contributed by atoms with Gasteiger partial charge < -0.3 is 14.8 Å². The number of hydrogen-bond acceptors (Lipinski definition) is 5. The van der Waals surface area contributed by atoms with Crippen LogP contribution < -0.4 is 14.8 Å². The summed E-state index contributed by atoms with van der Waals surface area (Å²) in [6.07, 6.45) is 4.46. The number of amides is 1. The molecule has 2 heterocycles. The number of rotatable bonds is 7. The number of pyridine rings is 1. The highest BCUT2D eigenvalue weighted by molar-refractivity contribution is 5.78. The van der Waals surface area contributed by atoms with Gasteiger partial charge in [-0.25, -0.2) is 0 Å². The van der Waals surface area contributed by atoms with Crippen molar-refractivity contribution >= 4 is 5.91 Å². The minimum atomic E-state index is 0.0249. The Hall–Kier alpha value is -2.60. The highest BCUT2D eigenvalue weighted by Crippen LogP contribution is 2.30. The maximum atomic E-state index is 12.2. The van der Waals surface area contributed by atoms with Crippen LogP contribution in [0.5, 0.6) is 11.5 Å². The van der Waals surface area contributed by atoms with Crippen LogP contribution in [0.25, 0.3) is 0 Å². The summed E-state index contributed by atoms with van der Waals surface area (Å²) >= 11 is 0. The second-order valence-electron chi connectivity index (χ2n) is 6.69. The van der Waals surface area contributed by atoms with Gasteiger partial charge in [0.05, 0.1) is 20.3 Å². The molecule has 0 fully saturated rings. The summed E-state index contributed by atoms with van der Waals surface area (Å²) in [6.45, 7) is 2.27. The first-order chi connectivity index (χ1) is 12.6. The van der Waals surface area contributed by atoms with Crippen LogP contribution in [0.1, 0.15) is 11.1 Å². The first kappa shape index (κ1) is 18.2. The smallest absolute Gasteiger partial charge is 0.234 e. The molecular formula is C20H25N3O3. The van der Waals surface area contributed by atoms with Gasteiger partial charge in [-0.15, -0.1) is 0 Å². The number of carbonyl (C=O) groups is 1. The number of nitrogens with zero attached hydrogens (tertiary/aromatic N) is 2. The van der Waals surface area contributed by atoms with Crippen LogP contribution in [0.15, 0.2) is 42.7 Å². The average molecular weight is 355 g/mol. The number of carbonyl (C=O) groups excluding carboxylic acids is 1. The molecule has 3 rings (SSSR count). The summed E-state index contributed by atoms with van der Waals surface area (Å²) in [6, 6.07) is 9.80. The van der Waals surface area contributed by atoms with E-state index in [1.807, 2.05) is 48.5 Å². The lowest BCUT2D eigenvalue weighted by Crippen LogP contribution is -2.39. The second kappa shape index (κ2) is 8.67. The molecule has 0 saturated carbocycles. The molecule has 6 heteroatoms. The molecular weight excluding hydrogens is 330 g/mol. The monoisotopic (exact) mass is 355 g/mol. The van der Waals surface area contributed by atoms with Crippen LogP contribution in [0.3, 0.4) is 0 Å². The van der Waals surface area contributed by atoms with Crippen molar-refractivity contribution in [3.05, 3.63) is 53.9 Å². The van der Waals surface area contributed by atoms with Crippen molar-refractivity contribution in [2.45, 2.75) is 13.0 Å². The fourth-order valence-electron chi connectivity index (χ4n) is 3.09. The first-order valence-electron chi connectivity index (χ1n) is 8.78. The molecule has 1 aliphatic heterocycles. The van der Waals surface area contributed by atoms with Gasteiger partial charge in [-0.1, -0.05) is 12.1 Å². The third-order valence-electron chi connectivity index (χ3n) is 4.43. The van der Waals surface area contributed by atoms with Crippen molar-refractivity contribution in [1.82, 2.24) is 15.2 Å². The van der Waals surface area contributed by atoms with Crippen molar-refractivity contribution in [3.63, 3.8) is 0 Å². The summed E-state index contributed by atoms with van der Waals surface area (Å²) in [5.41, 5.74) is 2.25. The Bertz CT molecular complexity index is 736. The molecule has 0 unspecified atom stereocenters. The molecule has 0 radical (unpaired) electrons. The molecule has 1 N–H and O–H groups in total. The Morgan fingerprint density at radius 3 is 3.08 bits per heavy atom. The van der Waals surface area contributed by atoms with Gasteiger partial charge in [0.2, 0.25) is 5.91 Å². The molecule has 0 spiro atoms. The number of fused-ring (bicyclic) bond motifs is 1. The zero-order valence-corrected chi connectivity index (χ0v) is 15.3. The zero-order valence-electron chi connectivity index (χ0n) is 15.3. The normalized spacial score (nSPS) is 15.9. The fourth-order valence-corrected chi connectivity index (χ4v) is 3.09. The van der Waals surface area contributed by atoms with E-state index in [9.17, 15) is 4.79 Å². The van der Waals surface area contributed by atoms with E-state index < -0.39 is 0 Å². The molecule has 1 aromatic heterocycles. The summed E-state index contributed by atoms with van der Waals surface area (Å²) in [4.78, 5) is 18.3. The SMILES string of the molecule is COc1ccc2c(c1)OC[C@@H](CNC(=O)CN(C)Cc1cccnc1)C2. The Morgan fingerprint density at radius 1 is 1.42 bits per heavy atom. The lowest BCUT2D eigenvalue weighted by Gasteiger charge is -2.26. The third kappa shape index (κ3) is 4.95. The number of methoxy groups -OCH3 is 1. The van der Waals surface area contributed by atoms with Crippen molar-refractivity contribution in [3.8, 4) is 11.5 Å². The largest absolute Gasteiger partial charge is 0.497 e. The van der Waals surface area contributed by atoms with E-state index in [0.29, 0.717) is 26.2 Å². The number of nitrogens with one attached hydrogen (secondary N) is 1. The zero-order chi connectivity index (χ0) is 18.4. The molecule has 0 bridgehead atoms. The molecule has 1 aromatic carbocycles. The van der Waals surface area contributed by atoms with Gasteiger partial charge in [0.25, 0.3) is 0 Å². The topological polar surface area (TPSA) is 63.7 Å². The standard InChI is InChI=1S/C20H25N3O3/c1-23(12-15-4-3-7-21-10-15)13-20(24)22-11-16-8-17-5-6-18(25-2)9-19(17)26-14-16/h3-7,9-10,16H,8,11-14H2,1-2H3,(H,22,24)/t16-/m1/s1. The van der Waals surface area contributed by atoms with Gasteiger partial charge in [0.1, 0.15) is 11.5 Å². The van der Waals surface area contributed by atoms with Crippen LogP contribution in [0.4, 0.5) is 0 Å². The van der Waals surface area contributed by atoms with Crippen LogP contribution >= 0.6 is 0 Å². The van der Waals surface area contributed by atoms with Crippen LogP contribution in [0, 0.1) is 5.92 Å². The highest BCUT2D eigenvalue weighted by atomic mass is 16.5. The van der Waals surface area contributed by atoms with E-state index in [1.54, 1.807) is 13.3 Å². The predicted octanol–water partition coefficient (Wildman–Crippen LogP) is 1.89. The lowest BCUT2D eigenvalue weighted by atomic mass is 9.96. The Kier molecular flexibility index (Phi) is 6.07. The molecule has 26 heavy (non-hydrogen) atoms. The second-order valence-corrected chi connectivity index (χ2v) is 6.69. The summed E-state index contributed by atoms with van der Waals surface area (Å²) in [7, 11) is 3.58. The molecule has 1 aliphatic rings. The predicted molar refractivity (Wildman–Crippen MR) is 99.3 cm³/mol. The molecule has 6 nitrogen and oxygen atoms in total. The molecule has 1 atom stereocenters. The van der Waals surface area contributed by atoms with E-state index in [4.69, 9.17) is 9.47 Å². The van der Waals surface area contributed by atoms with Gasteiger partial charge in [0.15, 0.2) is 0 Å². The van der Waals surface area contributed by atoms with Gasteiger partial charge in [-0.3, -0.25) is 14.7 Å². The van der Waals surface area contributed by atoms with E-state index >= 15 is 0 Å². The quantitative estimate of drug-likeness (QED) is 0.822. The fraction of sp³-hybridized carbons (Fsp3) is 0.400. The van der Waals surface area contributed by atoms with Crippen molar-refractivity contribution in [2.24, 2.45) is 5.92 Å². The summed E-state index contributed by atoms with van der Waals surface area (Å²) < 4.78 is 11.0. The highest BCUT2D eigenvalue weighted by Gasteiger charge is 2.21. The van der Waals surface area contributed by atoms with Gasteiger partial charge in [-0.05, 0) is 36.7 Å². The Balaban J connectivity index is 1.43. The third-order valence-corrected chi connectivity index (χ3v) is 4.43. The number of ether oxygens (including phenoxy) is 2. The maximum Gasteiger partial charge on any atom is 0.234 e. The average Bonchev–Trinajstić information content (AvgIpc) is 2.66. The number of likely N-dealkylation sites (N-methyl/N-ethyl adjacent to an activating group) is 1. The van der Waals surface area contributed by atoms with Gasteiger partial charge in [-0.2, -0.15) is 0 Å². The van der Waals surface area contributed by atoms with Crippen molar-refractivity contribution < 1.29 is 14.3 Å². The number of benzene rings is 1. The van der Waals surface area contributed by atoms with Crippen LogP contribution in [0.2, 0.25) is 0 Å². The first-order valence-corrected chi connectivity index (χ1v) is 8.78.